The number of rotatable bonds is 6. The summed E-state index contributed by atoms with van der Waals surface area (Å²) in [7, 11) is 0. The summed E-state index contributed by atoms with van der Waals surface area (Å²) >= 11 is 0. The monoisotopic (exact) mass is 900 g/mol. The minimum atomic E-state index is -2.22. The van der Waals surface area contributed by atoms with Crippen molar-refractivity contribution in [2.45, 2.75) is 53.2 Å². The second-order valence-electron chi connectivity index (χ2n) is 14.1. The van der Waals surface area contributed by atoms with E-state index in [4.69, 9.17) is 17.6 Å². The summed E-state index contributed by atoms with van der Waals surface area (Å²) in [5, 5.41) is 1.76. The summed E-state index contributed by atoms with van der Waals surface area (Å²) in [6, 6.07) is 49.6. The summed E-state index contributed by atoms with van der Waals surface area (Å²) in [6.45, 7) is 4.65. The number of imidazole rings is 1. The maximum absolute atomic E-state index is 7.90. The number of para-hydroxylation sites is 2. The maximum atomic E-state index is 7.90. The van der Waals surface area contributed by atoms with E-state index in [9.17, 15) is 0 Å². The molecular weight excluding hydrogens is 851 g/mol. The Morgan fingerprint density at radius 1 is 0.673 bits per heavy atom. The fraction of sp³-hybridized carbons (Fsp3) is 0.160. The zero-order chi connectivity index (χ0) is 42.3. The van der Waals surface area contributed by atoms with Gasteiger partial charge < -0.3 is 14.0 Å². The number of furan rings is 1. The molecule has 0 aliphatic rings. The summed E-state index contributed by atoms with van der Waals surface area (Å²) in [5.41, 5.74) is 11.9. The topological polar surface area (TPSA) is 43.9 Å². The molecule has 9 aromatic rings. The third kappa shape index (κ3) is 7.43. The molecule has 55 heavy (non-hydrogen) atoms. The molecule has 0 saturated heterocycles. The largest absolute Gasteiger partial charge is 0.501 e. The van der Waals surface area contributed by atoms with Gasteiger partial charge in [0.05, 0.1) is 22.4 Å². The van der Waals surface area contributed by atoms with E-state index in [-0.39, 0.29) is 43.1 Å². The molecular formula is C50H43IrN3O-2. The van der Waals surface area contributed by atoms with Gasteiger partial charge in [-0.05, 0) is 94.9 Å². The van der Waals surface area contributed by atoms with Crippen LogP contribution in [0.25, 0.3) is 72.4 Å². The molecule has 0 N–H and O–H groups in total. The van der Waals surface area contributed by atoms with Crippen molar-refractivity contribution in [3.8, 4) is 39.5 Å². The Balaban J connectivity index is 0.000000278. The van der Waals surface area contributed by atoms with Gasteiger partial charge in [0.1, 0.15) is 5.58 Å². The zero-order valence-electron chi connectivity index (χ0n) is 37.0. The molecule has 0 fully saturated rings. The van der Waals surface area contributed by atoms with Crippen LogP contribution in [-0.2, 0) is 20.1 Å². The number of nitrogens with zero attached hydrogens (tertiary/aromatic N) is 3. The van der Waals surface area contributed by atoms with Crippen LogP contribution >= 0.6 is 0 Å². The van der Waals surface area contributed by atoms with Gasteiger partial charge in [0.15, 0.2) is 0 Å². The Bertz CT molecular complexity index is 2920. The van der Waals surface area contributed by atoms with E-state index in [2.05, 4.69) is 97.9 Å². The quantitative estimate of drug-likeness (QED) is 0.156. The normalized spacial score (nSPS) is 13.3. The van der Waals surface area contributed by atoms with E-state index in [1.54, 1.807) is 30.3 Å². The van der Waals surface area contributed by atoms with Crippen molar-refractivity contribution in [3.63, 3.8) is 0 Å². The van der Waals surface area contributed by atoms with Gasteiger partial charge in [0.25, 0.3) is 0 Å². The van der Waals surface area contributed by atoms with Crippen molar-refractivity contribution in [1.29, 1.82) is 0 Å². The first kappa shape index (κ1) is 30.7. The number of pyridine rings is 1. The Morgan fingerprint density at radius 3 is 2.09 bits per heavy atom. The predicted octanol–water partition coefficient (Wildman–Crippen LogP) is 13.5. The van der Waals surface area contributed by atoms with Crippen LogP contribution in [-0.4, -0.2) is 14.5 Å². The minimum Gasteiger partial charge on any atom is -0.501 e. The van der Waals surface area contributed by atoms with Crippen LogP contribution in [0.3, 0.4) is 0 Å². The molecule has 0 saturated carbocycles. The molecule has 0 unspecified atom stereocenters. The van der Waals surface area contributed by atoms with Gasteiger partial charge in [0, 0.05) is 45.6 Å². The molecule has 275 valence electrons. The molecule has 1 radical (unpaired) electrons. The average molecular weight is 900 g/mol. The molecule has 0 bridgehead atoms. The van der Waals surface area contributed by atoms with Gasteiger partial charge >= 0.3 is 0 Å². The van der Waals surface area contributed by atoms with E-state index >= 15 is 0 Å². The minimum absolute atomic E-state index is 0. The van der Waals surface area contributed by atoms with Crippen molar-refractivity contribution in [1.82, 2.24) is 14.5 Å². The van der Waals surface area contributed by atoms with E-state index in [1.165, 1.54) is 28.5 Å². The fourth-order valence-corrected chi connectivity index (χ4v) is 7.05. The van der Waals surface area contributed by atoms with E-state index in [0.29, 0.717) is 11.2 Å². The maximum Gasteiger partial charge on any atom is 0.121 e. The van der Waals surface area contributed by atoms with Crippen LogP contribution in [0.15, 0.2) is 144 Å². The fourth-order valence-electron chi connectivity index (χ4n) is 7.05. The van der Waals surface area contributed by atoms with Crippen LogP contribution in [0.1, 0.15) is 70.0 Å². The van der Waals surface area contributed by atoms with Crippen LogP contribution in [0, 0.1) is 25.8 Å². The number of aryl methyl sites for hydroxylation is 2. The number of hydrogen-bond acceptors (Lipinski definition) is 3. The molecule has 0 aliphatic heterocycles. The smallest absolute Gasteiger partial charge is 0.121 e. The van der Waals surface area contributed by atoms with Crippen molar-refractivity contribution >= 4 is 33.0 Å². The zero-order valence-corrected chi connectivity index (χ0v) is 33.4. The van der Waals surface area contributed by atoms with Crippen molar-refractivity contribution in [2.75, 3.05) is 0 Å². The van der Waals surface area contributed by atoms with Crippen LogP contribution in [0.5, 0.6) is 0 Å². The molecule has 3 heterocycles. The van der Waals surface area contributed by atoms with Gasteiger partial charge in [-0.25, -0.2) is 0 Å². The summed E-state index contributed by atoms with van der Waals surface area (Å²) in [4.78, 5) is 9.32. The summed E-state index contributed by atoms with van der Waals surface area (Å²) in [5.74, 6) is 1.22. The van der Waals surface area contributed by atoms with Gasteiger partial charge in [-0.15, -0.1) is 54.1 Å². The molecule has 0 amide bonds. The van der Waals surface area contributed by atoms with E-state index in [1.807, 2.05) is 54.6 Å². The Kier molecular flexibility index (Phi) is 8.93. The predicted molar refractivity (Wildman–Crippen MR) is 224 cm³/mol. The van der Waals surface area contributed by atoms with Crippen molar-refractivity contribution in [2.24, 2.45) is 0 Å². The standard InChI is InChI=1S/C38H33N2O.C12H10N.Ir/c1-23(2)31-21-27(26-12-7-6-8-13-26)22-32(24(3)4)36(31)40-34-17-10-9-16-33(34)39-38(40)30-15-11-14-29-28-19-18-25(5)20-35(28)41-37(29)30;1-10-7-8-12(13-9-10)11-5-3-2-4-6-11;/h6-14,16-24H,1-5H3;2-5,7-9H,1H3;/q2*-1;/i5D3;1D3;. The first-order valence-electron chi connectivity index (χ1n) is 21.2. The molecule has 0 spiro atoms. The number of benzene rings is 6. The Hall–Kier alpha value is -5.61. The second kappa shape index (κ2) is 16.0. The first-order chi connectivity index (χ1) is 28.7. The molecule has 5 heteroatoms. The van der Waals surface area contributed by atoms with Crippen molar-refractivity contribution in [3.05, 3.63) is 174 Å². The molecule has 4 nitrogen and oxygen atoms in total. The van der Waals surface area contributed by atoms with Crippen molar-refractivity contribution < 1.29 is 32.7 Å². The van der Waals surface area contributed by atoms with Gasteiger partial charge in [0.2, 0.25) is 0 Å². The third-order valence-corrected chi connectivity index (χ3v) is 9.71. The number of aromatic nitrogens is 3. The van der Waals surface area contributed by atoms with Crippen LogP contribution in [0.4, 0.5) is 0 Å². The van der Waals surface area contributed by atoms with E-state index < -0.39 is 13.7 Å². The number of hydrogen-bond donors (Lipinski definition) is 0. The van der Waals surface area contributed by atoms with Gasteiger partial charge in [-0.1, -0.05) is 105 Å². The van der Waals surface area contributed by atoms with Gasteiger partial charge in [-0.3, -0.25) is 4.98 Å². The number of fused-ring (bicyclic) bond motifs is 4. The molecule has 3 aromatic heterocycles. The first-order valence-corrected chi connectivity index (χ1v) is 18.2. The average Bonchev–Trinajstić information content (AvgIpc) is 3.82. The Labute approximate surface area is 345 Å². The Morgan fingerprint density at radius 2 is 1.40 bits per heavy atom. The third-order valence-electron chi connectivity index (χ3n) is 9.71. The van der Waals surface area contributed by atoms with Crippen LogP contribution in [0.2, 0.25) is 0 Å². The molecule has 9 rings (SSSR count). The van der Waals surface area contributed by atoms with Crippen LogP contribution < -0.4 is 0 Å². The molecule has 0 aliphatic carbocycles. The van der Waals surface area contributed by atoms with E-state index in [0.717, 1.165) is 50.1 Å². The SMILES string of the molecule is [2H]C([2H])([2H])c1ccc(-c2[c-]cccc2)nc1.[2H]C([2H])([2H])c1ccc2c(c1)oc1c(-c3nc4ccccc4n3-c3c(C(C)C)cc(-c4ccccc4)cc3C(C)C)[c-]ccc12.[Ir]. The molecule has 0 atom stereocenters. The molecule has 6 aromatic carbocycles. The second-order valence-corrected chi connectivity index (χ2v) is 14.1. The summed E-state index contributed by atoms with van der Waals surface area (Å²) < 4.78 is 54.1. The van der Waals surface area contributed by atoms with Gasteiger partial charge in [-0.2, -0.15) is 0 Å². The summed E-state index contributed by atoms with van der Waals surface area (Å²) in [6.07, 6.45) is 1.39.